The average molecular weight is 1010 g/mol. The van der Waals surface area contributed by atoms with Crippen LogP contribution in [0.25, 0.3) is 11.1 Å². The Morgan fingerprint density at radius 2 is 1.27 bits per heavy atom. The van der Waals surface area contributed by atoms with E-state index in [1.54, 1.807) is 0 Å². The molecule has 1 aromatic heterocycles. The summed E-state index contributed by atoms with van der Waals surface area (Å²) in [5, 5.41) is 123. The molecule has 9 atom stereocenters. The molecule has 1 aliphatic heterocycles. The first kappa shape index (κ1) is 57.4. The SMILES string of the molecule is N=C(NCCCCc1ccc(-c2ccc(CCC(=O)N3CCN(CCCN(C[C@H](O)[C@@H](O)[C@H](O)[C@H](O)CO)C[C@H](O)[C@@H](O)[C@H](O)[C@H](O)CO)C[C@@H]3C(=O)O)cc2)cc1)NC(=O)c1nc(Cl)c(N)nc1N. The van der Waals surface area contributed by atoms with Crippen LogP contribution in [0.2, 0.25) is 5.15 Å². The highest BCUT2D eigenvalue weighted by atomic mass is 35.5. The Bertz CT molecular complexity index is 2120. The molecular formula is C45H67ClN10O14. The Morgan fingerprint density at radius 3 is 1.80 bits per heavy atom. The van der Waals surface area contributed by atoms with Crippen LogP contribution < -0.4 is 22.1 Å². The van der Waals surface area contributed by atoms with Crippen LogP contribution >= 0.6 is 11.6 Å². The largest absolute Gasteiger partial charge is 0.480 e. The summed E-state index contributed by atoms with van der Waals surface area (Å²) in [6, 6.07) is 14.7. The van der Waals surface area contributed by atoms with Crippen molar-refractivity contribution in [1.82, 2.24) is 35.3 Å². The molecule has 0 aliphatic carbocycles. The van der Waals surface area contributed by atoms with E-state index in [1.807, 2.05) is 53.4 Å². The number of nitrogen functional groups attached to an aromatic ring is 2. The third kappa shape index (κ3) is 17.0. The molecule has 0 saturated carbocycles. The highest BCUT2D eigenvalue weighted by molar-refractivity contribution is 6.31. The predicted octanol–water partition coefficient (Wildman–Crippen LogP) is -3.67. The van der Waals surface area contributed by atoms with Crippen molar-refractivity contribution >= 4 is 47.0 Å². The van der Waals surface area contributed by atoms with E-state index in [1.165, 1.54) is 9.80 Å². The monoisotopic (exact) mass is 1010 g/mol. The maximum Gasteiger partial charge on any atom is 0.327 e. The van der Waals surface area contributed by atoms with Crippen molar-refractivity contribution in [1.29, 1.82) is 5.41 Å². The molecule has 25 heteroatoms. The van der Waals surface area contributed by atoms with E-state index in [-0.39, 0.29) is 66.8 Å². The van der Waals surface area contributed by atoms with Crippen LogP contribution in [0.3, 0.4) is 0 Å². The summed E-state index contributed by atoms with van der Waals surface area (Å²) in [6.07, 6.45) is -11.6. The zero-order valence-electron chi connectivity index (χ0n) is 38.5. The molecule has 4 rings (SSSR count). The summed E-state index contributed by atoms with van der Waals surface area (Å²) in [4.78, 5) is 50.4. The van der Waals surface area contributed by atoms with E-state index in [9.17, 15) is 60.3 Å². The van der Waals surface area contributed by atoms with Gasteiger partial charge < -0.3 is 77.9 Å². The van der Waals surface area contributed by atoms with Gasteiger partial charge in [0.25, 0.3) is 5.91 Å². The van der Waals surface area contributed by atoms with E-state index in [4.69, 9.17) is 38.7 Å². The first-order valence-corrected chi connectivity index (χ1v) is 23.2. The van der Waals surface area contributed by atoms with Crippen LogP contribution in [-0.4, -0.2) is 225 Å². The number of guanidine groups is 1. The van der Waals surface area contributed by atoms with Crippen LogP contribution in [0.15, 0.2) is 48.5 Å². The molecular weight excluding hydrogens is 940 g/mol. The summed E-state index contributed by atoms with van der Waals surface area (Å²) >= 11 is 5.83. The smallest absolute Gasteiger partial charge is 0.327 e. The van der Waals surface area contributed by atoms with Crippen molar-refractivity contribution in [2.75, 3.05) is 77.0 Å². The van der Waals surface area contributed by atoms with Crippen LogP contribution in [0.5, 0.6) is 0 Å². The highest BCUT2D eigenvalue weighted by Gasteiger charge is 2.37. The van der Waals surface area contributed by atoms with E-state index in [0.29, 0.717) is 26.1 Å². The lowest BCUT2D eigenvalue weighted by Gasteiger charge is -2.40. The number of carboxylic acids is 1. The zero-order valence-corrected chi connectivity index (χ0v) is 39.3. The van der Waals surface area contributed by atoms with Crippen molar-refractivity contribution in [3.05, 3.63) is 70.5 Å². The minimum Gasteiger partial charge on any atom is -0.480 e. The van der Waals surface area contributed by atoms with E-state index >= 15 is 0 Å². The Balaban J connectivity index is 1.21. The van der Waals surface area contributed by atoms with Crippen molar-refractivity contribution in [2.24, 2.45) is 0 Å². The number of rotatable bonds is 27. The van der Waals surface area contributed by atoms with Gasteiger partial charge in [-0.25, -0.2) is 14.8 Å². The fourth-order valence-electron chi connectivity index (χ4n) is 7.81. The van der Waals surface area contributed by atoms with Gasteiger partial charge in [0, 0.05) is 45.7 Å². The van der Waals surface area contributed by atoms with E-state index in [0.717, 1.165) is 41.5 Å². The van der Waals surface area contributed by atoms with Gasteiger partial charge in [0.15, 0.2) is 28.4 Å². The van der Waals surface area contributed by atoms with Crippen molar-refractivity contribution in [2.45, 2.75) is 93.4 Å². The predicted molar refractivity (Wildman–Crippen MR) is 255 cm³/mol. The standard InChI is InChI=1S/C45H67ClN10O14/c46-40-42(48)52-41(47)35(51-40)43(68)53-45(49)50-15-2-1-4-25-5-10-27(11-6-25)28-12-7-26(8-13-28)9-14-34(63)56-19-18-54(20-29(56)44(69)70)16-3-17-55(21-30(59)36(64)38(66)32(61)23-57)22-31(60)37(65)39(67)33(62)24-58/h5-8,10-13,29-33,36-39,57-62,64-67H,1-4,9,14-24H2,(H,69,70)(H4,47,48,52)(H3,49,50,53,68)/t29-,30+,31+,32-,33-,36-,37-,38-,39-/m1/s1. The molecule has 1 fully saturated rings. The van der Waals surface area contributed by atoms with Crippen LogP contribution in [-0.2, 0) is 22.4 Å². The number of aliphatic hydroxyl groups is 10. The van der Waals surface area contributed by atoms with Gasteiger partial charge >= 0.3 is 5.97 Å². The fraction of sp³-hybridized carbons (Fsp3) is 0.556. The molecule has 3 aromatic rings. The fourth-order valence-corrected chi connectivity index (χ4v) is 7.94. The first-order chi connectivity index (χ1) is 33.2. The van der Waals surface area contributed by atoms with Crippen molar-refractivity contribution in [3.8, 4) is 11.1 Å². The van der Waals surface area contributed by atoms with Gasteiger partial charge in [0.2, 0.25) is 5.91 Å². The zero-order chi connectivity index (χ0) is 51.7. The van der Waals surface area contributed by atoms with Gasteiger partial charge in [-0.3, -0.25) is 30.1 Å². The minimum absolute atomic E-state index is 0.00778. The summed E-state index contributed by atoms with van der Waals surface area (Å²) in [5.74, 6) is -2.79. The molecule has 70 heavy (non-hydrogen) atoms. The molecule has 0 unspecified atom stereocenters. The minimum atomic E-state index is -1.93. The highest BCUT2D eigenvalue weighted by Crippen LogP contribution is 2.23. The van der Waals surface area contributed by atoms with Gasteiger partial charge in [-0.05, 0) is 67.4 Å². The average Bonchev–Trinajstić information content (AvgIpc) is 3.35. The topological polar surface area (TPSA) is 409 Å². The van der Waals surface area contributed by atoms with Gasteiger partial charge in [-0.15, -0.1) is 0 Å². The number of benzene rings is 2. The van der Waals surface area contributed by atoms with Gasteiger partial charge in [0.05, 0.1) is 25.4 Å². The number of amides is 2. The molecule has 0 bridgehead atoms. The maximum absolute atomic E-state index is 13.4. The number of carbonyl (C=O) groups is 3. The third-order valence-electron chi connectivity index (χ3n) is 12.0. The number of aromatic nitrogens is 2. The summed E-state index contributed by atoms with van der Waals surface area (Å²) in [5.41, 5.74) is 15.0. The van der Waals surface area contributed by atoms with Gasteiger partial charge in [-0.2, -0.15) is 0 Å². The number of nitrogens with zero attached hydrogens (tertiary/aromatic N) is 5. The Kier molecular flexibility index (Phi) is 23.0. The number of nitrogens with one attached hydrogen (secondary N) is 3. The molecule has 18 N–H and O–H groups in total. The number of halogens is 1. The number of piperazine rings is 1. The molecule has 1 saturated heterocycles. The second-order valence-corrected chi connectivity index (χ2v) is 17.6. The van der Waals surface area contributed by atoms with Gasteiger partial charge in [0.1, 0.15) is 42.7 Å². The van der Waals surface area contributed by atoms with Crippen LogP contribution in [0, 0.1) is 5.41 Å². The Hall–Kier alpha value is -5.19. The number of unbranched alkanes of at least 4 members (excludes halogenated alkanes) is 1. The maximum atomic E-state index is 13.4. The second-order valence-electron chi connectivity index (χ2n) is 17.2. The van der Waals surface area contributed by atoms with Crippen molar-refractivity contribution in [3.63, 3.8) is 0 Å². The quantitative estimate of drug-likeness (QED) is 0.0199. The molecule has 0 spiro atoms. The molecule has 388 valence electrons. The lowest BCUT2D eigenvalue weighted by molar-refractivity contribution is -0.153. The Labute approximate surface area is 409 Å². The normalized spacial score (nSPS) is 17.8. The molecule has 1 aliphatic rings. The first-order valence-electron chi connectivity index (χ1n) is 22.8. The summed E-state index contributed by atoms with van der Waals surface area (Å²) in [6.45, 7) is -1.41. The number of anilines is 2. The lowest BCUT2D eigenvalue weighted by atomic mass is 9.99. The number of carboxylic acid groups (broad SMARTS) is 1. The van der Waals surface area contributed by atoms with Gasteiger partial charge in [-0.1, -0.05) is 60.1 Å². The molecule has 24 nitrogen and oxygen atoms in total. The van der Waals surface area contributed by atoms with Crippen LogP contribution in [0.4, 0.5) is 11.6 Å². The lowest BCUT2D eigenvalue weighted by Crippen LogP contribution is -2.58. The number of aliphatic carboxylic acids is 1. The number of hydrogen-bond donors (Lipinski definition) is 16. The van der Waals surface area contributed by atoms with E-state index < -0.39 is 93.1 Å². The van der Waals surface area contributed by atoms with E-state index in [2.05, 4.69) is 20.6 Å². The Morgan fingerprint density at radius 1 is 0.743 bits per heavy atom. The second kappa shape index (κ2) is 28.0. The number of aryl methyl sites for hydroxylation is 2. The van der Waals surface area contributed by atoms with Crippen LogP contribution in [0.1, 0.15) is 47.3 Å². The number of aliphatic hydroxyl groups excluding tert-OH is 10. The molecule has 0 radical (unpaired) electrons. The third-order valence-corrected chi connectivity index (χ3v) is 12.3. The van der Waals surface area contributed by atoms with Crippen molar-refractivity contribution < 1.29 is 70.6 Å². The molecule has 2 amide bonds. The number of hydrogen-bond acceptors (Lipinski definition) is 20. The molecule has 2 aromatic carbocycles. The molecule has 2 heterocycles. The number of carbonyl (C=O) groups excluding carboxylic acids is 2. The number of nitrogens with two attached hydrogens (primary N) is 2. The summed E-state index contributed by atoms with van der Waals surface area (Å²) < 4.78 is 0. The summed E-state index contributed by atoms with van der Waals surface area (Å²) in [7, 11) is 0.